The lowest BCUT2D eigenvalue weighted by Crippen LogP contribution is -2.50. The lowest BCUT2D eigenvalue weighted by molar-refractivity contribution is 0.272. The maximum Gasteiger partial charge on any atom is 0.167 e. The van der Waals surface area contributed by atoms with Crippen LogP contribution in [0.4, 0.5) is 4.39 Å². The maximum absolute atomic E-state index is 14.2. The topological polar surface area (TPSA) is 44.3 Å². The molecule has 1 aromatic carbocycles. The van der Waals surface area contributed by atoms with Gasteiger partial charge < -0.3 is 15.7 Å². The van der Waals surface area contributed by atoms with Gasteiger partial charge in [-0.05, 0) is 57.8 Å². The third-order valence-corrected chi connectivity index (χ3v) is 3.97. The van der Waals surface area contributed by atoms with Crippen molar-refractivity contribution in [3.63, 3.8) is 0 Å². The van der Waals surface area contributed by atoms with Gasteiger partial charge in [-0.3, -0.25) is 0 Å². The van der Waals surface area contributed by atoms with Crippen LogP contribution in [-0.2, 0) is 5.54 Å². The average Bonchev–Trinajstić information content (AvgIpc) is 3.01. The standard InChI is InChI=1S/C16H23FN2OS/c1-15(2,3)18-14(21)19-16(10-11(16)8-9-20)12-6-4-5-7-13(12)17/h4-7,11,20H,8-10H2,1-3H3,(H2,18,19,21). The number of thiocarbonyl (C=S) groups is 1. The van der Waals surface area contributed by atoms with E-state index in [0.29, 0.717) is 17.1 Å². The zero-order chi connectivity index (χ0) is 15.7. The van der Waals surface area contributed by atoms with E-state index in [1.165, 1.54) is 6.07 Å². The van der Waals surface area contributed by atoms with Crippen LogP contribution in [0, 0.1) is 11.7 Å². The number of nitrogens with one attached hydrogen (secondary N) is 2. The van der Waals surface area contributed by atoms with Gasteiger partial charge >= 0.3 is 0 Å². The van der Waals surface area contributed by atoms with Crippen LogP contribution in [0.3, 0.4) is 0 Å². The molecule has 2 unspecified atom stereocenters. The molecule has 2 atom stereocenters. The highest BCUT2D eigenvalue weighted by molar-refractivity contribution is 7.80. The fourth-order valence-corrected chi connectivity index (χ4v) is 3.27. The van der Waals surface area contributed by atoms with Crippen LogP contribution in [0.5, 0.6) is 0 Å². The number of benzene rings is 1. The number of hydrogen-bond donors (Lipinski definition) is 3. The summed E-state index contributed by atoms with van der Waals surface area (Å²) in [6.45, 7) is 6.17. The Kier molecular flexibility index (Phi) is 4.54. The Morgan fingerprint density at radius 2 is 2.10 bits per heavy atom. The van der Waals surface area contributed by atoms with Crippen LogP contribution < -0.4 is 10.6 Å². The van der Waals surface area contributed by atoms with Gasteiger partial charge in [0.1, 0.15) is 5.82 Å². The third kappa shape index (κ3) is 3.71. The number of aliphatic hydroxyl groups excluding tert-OH is 1. The Bertz CT molecular complexity index is 529. The number of halogens is 1. The molecule has 0 bridgehead atoms. The van der Waals surface area contributed by atoms with Crippen LogP contribution in [0.1, 0.15) is 39.2 Å². The van der Waals surface area contributed by atoms with Crippen molar-refractivity contribution in [1.29, 1.82) is 0 Å². The van der Waals surface area contributed by atoms with E-state index in [9.17, 15) is 9.50 Å². The second-order valence-corrected chi connectivity index (χ2v) is 7.10. The van der Waals surface area contributed by atoms with Gasteiger partial charge in [-0.25, -0.2) is 4.39 Å². The summed E-state index contributed by atoms with van der Waals surface area (Å²) in [6, 6.07) is 6.77. The van der Waals surface area contributed by atoms with E-state index in [2.05, 4.69) is 10.6 Å². The first-order valence-electron chi connectivity index (χ1n) is 7.25. The van der Waals surface area contributed by atoms with E-state index in [1.807, 2.05) is 26.8 Å². The Balaban J connectivity index is 2.21. The summed E-state index contributed by atoms with van der Waals surface area (Å²) in [6.07, 6.45) is 1.42. The molecule has 1 aliphatic carbocycles. The van der Waals surface area contributed by atoms with Gasteiger partial charge in [0, 0.05) is 17.7 Å². The minimum atomic E-state index is -0.497. The third-order valence-electron chi connectivity index (χ3n) is 3.76. The molecule has 0 aliphatic heterocycles. The average molecular weight is 310 g/mol. The zero-order valence-electron chi connectivity index (χ0n) is 12.7. The smallest absolute Gasteiger partial charge is 0.167 e. The molecule has 0 spiro atoms. The van der Waals surface area contributed by atoms with E-state index in [0.717, 1.165) is 6.42 Å². The Labute approximate surface area is 130 Å². The highest BCUT2D eigenvalue weighted by Crippen LogP contribution is 2.54. The number of rotatable bonds is 4. The fraction of sp³-hybridized carbons (Fsp3) is 0.562. The van der Waals surface area contributed by atoms with Crippen LogP contribution in [0.25, 0.3) is 0 Å². The summed E-state index contributed by atoms with van der Waals surface area (Å²) >= 11 is 5.36. The molecular formula is C16H23FN2OS. The fourth-order valence-electron chi connectivity index (χ4n) is 2.78. The van der Waals surface area contributed by atoms with Crippen LogP contribution in [0.15, 0.2) is 24.3 Å². The highest BCUT2D eigenvalue weighted by Gasteiger charge is 2.56. The van der Waals surface area contributed by atoms with E-state index >= 15 is 0 Å². The van der Waals surface area contributed by atoms with Crippen molar-refractivity contribution in [2.45, 2.75) is 44.7 Å². The minimum Gasteiger partial charge on any atom is -0.396 e. The van der Waals surface area contributed by atoms with Crippen LogP contribution >= 0.6 is 12.2 Å². The molecule has 0 heterocycles. The first-order valence-corrected chi connectivity index (χ1v) is 7.65. The highest BCUT2D eigenvalue weighted by atomic mass is 32.1. The summed E-state index contributed by atoms with van der Waals surface area (Å²) in [5, 5.41) is 16.2. The first-order chi connectivity index (χ1) is 9.78. The first kappa shape index (κ1) is 16.2. The lowest BCUT2D eigenvalue weighted by atomic mass is 10.0. The monoisotopic (exact) mass is 310 g/mol. The molecular weight excluding hydrogens is 287 g/mol. The van der Waals surface area contributed by atoms with Crippen molar-refractivity contribution in [2.24, 2.45) is 5.92 Å². The summed E-state index contributed by atoms with van der Waals surface area (Å²) in [4.78, 5) is 0. The number of hydrogen-bond acceptors (Lipinski definition) is 2. The molecule has 5 heteroatoms. The van der Waals surface area contributed by atoms with Crippen LogP contribution in [0.2, 0.25) is 0 Å². The molecule has 116 valence electrons. The van der Waals surface area contributed by atoms with Gasteiger partial charge in [-0.2, -0.15) is 0 Å². The number of aliphatic hydroxyl groups is 1. The van der Waals surface area contributed by atoms with E-state index < -0.39 is 5.54 Å². The van der Waals surface area contributed by atoms with Crippen molar-refractivity contribution >= 4 is 17.3 Å². The predicted molar refractivity (Wildman–Crippen MR) is 86.5 cm³/mol. The largest absolute Gasteiger partial charge is 0.396 e. The summed E-state index contributed by atoms with van der Waals surface area (Å²) in [5.74, 6) is -0.0388. The Hall–Kier alpha value is -1.20. The molecule has 0 amide bonds. The second-order valence-electron chi connectivity index (χ2n) is 6.69. The van der Waals surface area contributed by atoms with Gasteiger partial charge in [0.2, 0.25) is 0 Å². The Morgan fingerprint density at radius 3 is 2.67 bits per heavy atom. The van der Waals surface area contributed by atoms with E-state index in [4.69, 9.17) is 12.2 Å². The van der Waals surface area contributed by atoms with Crippen molar-refractivity contribution in [1.82, 2.24) is 10.6 Å². The zero-order valence-corrected chi connectivity index (χ0v) is 13.6. The predicted octanol–water partition coefficient (Wildman–Crippen LogP) is 2.69. The van der Waals surface area contributed by atoms with Gasteiger partial charge in [-0.1, -0.05) is 18.2 Å². The summed E-state index contributed by atoms with van der Waals surface area (Å²) < 4.78 is 14.2. The van der Waals surface area contributed by atoms with Gasteiger partial charge in [0.15, 0.2) is 5.11 Å². The molecule has 1 aromatic rings. The Morgan fingerprint density at radius 1 is 1.43 bits per heavy atom. The summed E-state index contributed by atoms with van der Waals surface area (Å²) in [5.41, 5.74) is -0.0211. The molecule has 0 radical (unpaired) electrons. The molecule has 1 saturated carbocycles. The van der Waals surface area contributed by atoms with Crippen molar-refractivity contribution in [2.75, 3.05) is 6.61 Å². The lowest BCUT2D eigenvalue weighted by Gasteiger charge is -2.28. The molecule has 0 saturated heterocycles. The van der Waals surface area contributed by atoms with E-state index in [-0.39, 0.29) is 23.9 Å². The van der Waals surface area contributed by atoms with Crippen molar-refractivity contribution < 1.29 is 9.50 Å². The molecule has 3 N–H and O–H groups in total. The van der Waals surface area contributed by atoms with Crippen molar-refractivity contribution in [3.8, 4) is 0 Å². The van der Waals surface area contributed by atoms with Gasteiger partial charge in [0.05, 0.1) is 5.54 Å². The molecule has 0 aromatic heterocycles. The van der Waals surface area contributed by atoms with Gasteiger partial charge in [0.25, 0.3) is 0 Å². The van der Waals surface area contributed by atoms with Crippen molar-refractivity contribution in [3.05, 3.63) is 35.6 Å². The molecule has 2 rings (SSSR count). The molecule has 21 heavy (non-hydrogen) atoms. The molecule has 1 aliphatic rings. The summed E-state index contributed by atoms with van der Waals surface area (Å²) in [7, 11) is 0. The normalized spacial score (nSPS) is 24.5. The molecule has 3 nitrogen and oxygen atoms in total. The minimum absolute atomic E-state index is 0.0992. The second kappa shape index (κ2) is 5.89. The van der Waals surface area contributed by atoms with Gasteiger partial charge in [-0.15, -0.1) is 0 Å². The maximum atomic E-state index is 14.2. The molecule has 1 fully saturated rings. The van der Waals surface area contributed by atoms with E-state index in [1.54, 1.807) is 12.1 Å². The quantitative estimate of drug-likeness (QED) is 0.748. The van der Waals surface area contributed by atoms with Crippen LogP contribution in [-0.4, -0.2) is 22.4 Å². The SMILES string of the molecule is CC(C)(C)NC(=S)NC1(c2ccccc2F)CC1CCO.